The first-order valence-corrected chi connectivity index (χ1v) is 10.3. The van der Waals surface area contributed by atoms with Crippen LogP contribution >= 0.6 is 0 Å². The normalized spacial score (nSPS) is 12.2. The Hall–Kier alpha value is -3.57. The zero-order valence-corrected chi connectivity index (χ0v) is 17.4. The molecule has 3 aromatic carbocycles. The van der Waals surface area contributed by atoms with Crippen LogP contribution in [0.4, 0.5) is 0 Å². The van der Waals surface area contributed by atoms with Crippen molar-refractivity contribution in [1.82, 2.24) is 5.48 Å². The first-order valence-electron chi connectivity index (χ1n) is 10.3. The standard InChI is InChI=1S/C26H25NO4/c1-18-20(17-26(28)29)8-5-9-25(18)30-14-15-31-27-24-13-11-22-16-21(10-12-23(22)24)19-6-3-2-4-7-19/h2-10,12-13,16,27H,11,14-15,17H2,1H3,(H,28,29). The van der Waals surface area contributed by atoms with Gasteiger partial charge in [-0.05, 0) is 47.2 Å². The average Bonchev–Trinajstić information content (AvgIpc) is 3.18. The molecule has 0 heterocycles. The summed E-state index contributed by atoms with van der Waals surface area (Å²) in [5.74, 6) is -0.171. The van der Waals surface area contributed by atoms with Gasteiger partial charge < -0.3 is 9.84 Å². The van der Waals surface area contributed by atoms with Crippen LogP contribution in [0.2, 0.25) is 0 Å². The molecule has 0 aliphatic heterocycles. The van der Waals surface area contributed by atoms with Crippen LogP contribution < -0.4 is 10.2 Å². The van der Waals surface area contributed by atoms with E-state index in [0.717, 1.165) is 28.8 Å². The molecule has 0 saturated carbocycles. The second-order valence-electron chi connectivity index (χ2n) is 7.47. The summed E-state index contributed by atoms with van der Waals surface area (Å²) in [6.45, 7) is 2.59. The fourth-order valence-corrected chi connectivity index (χ4v) is 3.75. The predicted molar refractivity (Wildman–Crippen MR) is 121 cm³/mol. The van der Waals surface area contributed by atoms with Gasteiger partial charge in [0.1, 0.15) is 19.0 Å². The Kier molecular flexibility index (Phi) is 6.34. The van der Waals surface area contributed by atoms with Gasteiger partial charge in [-0.2, -0.15) is 0 Å². The van der Waals surface area contributed by atoms with E-state index in [9.17, 15) is 4.79 Å². The van der Waals surface area contributed by atoms with Gasteiger partial charge in [0.15, 0.2) is 0 Å². The average molecular weight is 415 g/mol. The molecule has 5 heteroatoms. The highest BCUT2D eigenvalue weighted by atomic mass is 16.7. The van der Waals surface area contributed by atoms with E-state index in [-0.39, 0.29) is 6.42 Å². The molecule has 0 amide bonds. The minimum absolute atomic E-state index is 0.0133. The van der Waals surface area contributed by atoms with Crippen molar-refractivity contribution in [2.24, 2.45) is 0 Å². The number of nitrogens with one attached hydrogen (secondary N) is 1. The van der Waals surface area contributed by atoms with Crippen molar-refractivity contribution in [3.8, 4) is 16.9 Å². The number of benzene rings is 3. The number of fused-ring (bicyclic) bond motifs is 1. The maximum absolute atomic E-state index is 11.0. The summed E-state index contributed by atoms with van der Waals surface area (Å²) < 4.78 is 5.78. The topological polar surface area (TPSA) is 67.8 Å². The number of aliphatic carboxylic acids is 1. The number of carboxylic acid groups (broad SMARTS) is 1. The van der Waals surface area contributed by atoms with Gasteiger partial charge >= 0.3 is 5.97 Å². The molecule has 5 nitrogen and oxygen atoms in total. The predicted octanol–water partition coefficient (Wildman–Crippen LogP) is 4.79. The van der Waals surface area contributed by atoms with Crippen LogP contribution in [0.25, 0.3) is 16.8 Å². The Bertz CT molecular complexity index is 1110. The zero-order chi connectivity index (χ0) is 21.6. The highest BCUT2D eigenvalue weighted by Gasteiger charge is 2.15. The Morgan fingerprint density at radius 3 is 2.65 bits per heavy atom. The van der Waals surface area contributed by atoms with Crippen LogP contribution in [0.15, 0.2) is 72.8 Å². The van der Waals surface area contributed by atoms with Crippen molar-refractivity contribution in [3.05, 3.63) is 95.1 Å². The van der Waals surface area contributed by atoms with Gasteiger partial charge in [-0.15, -0.1) is 0 Å². The van der Waals surface area contributed by atoms with Crippen LogP contribution in [0.3, 0.4) is 0 Å². The van der Waals surface area contributed by atoms with Gasteiger partial charge in [0.2, 0.25) is 0 Å². The molecule has 4 rings (SSSR count). The molecule has 1 aliphatic carbocycles. The SMILES string of the molecule is Cc1c(CC(=O)O)cccc1OCCONC1=CCc2cc(-c3ccccc3)ccc21. The van der Waals surface area contributed by atoms with Crippen LogP contribution in [0, 0.1) is 6.92 Å². The van der Waals surface area contributed by atoms with E-state index in [1.54, 1.807) is 0 Å². The van der Waals surface area contributed by atoms with E-state index in [4.69, 9.17) is 14.7 Å². The smallest absolute Gasteiger partial charge is 0.307 e. The lowest BCUT2D eigenvalue weighted by Gasteiger charge is -2.13. The molecular formula is C26H25NO4. The molecule has 0 fully saturated rings. The van der Waals surface area contributed by atoms with Gasteiger partial charge in [-0.25, -0.2) is 0 Å². The lowest BCUT2D eigenvalue weighted by Crippen LogP contribution is -2.17. The largest absolute Gasteiger partial charge is 0.491 e. The molecule has 1 aliphatic rings. The molecular weight excluding hydrogens is 390 g/mol. The first kappa shape index (κ1) is 20.7. The maximum atomic E-state index is 11.0. The fourth-order valence-electron chi connectivity index (χ4n) is 3.75. The Balaban J connectivity index is 1.28. The summed E-state index contributed by atoms with van der Waals surface area (Å²) in [6.07, 6.45) is 2.98. The number of hydroxylamine groups is 1. The molecule has 0 spiro atoms. The summed E-state index contributed by atoms with van der Waals surface area (Å²) >= 11 is 0. The first-order chi connectivity index (χ1) is 15.1. The number of carboxylic acids is 1. The van der Waals surface area contributed by atoms with Crippen molar-refractivity contribution in [3.63, 3.8) is 0 Å². The number of allylic oxidation sites excluding steroid dienone is 1. The molecule has 31 heavy (non-hydrogen) atoms. The molecule has 0 radical (unpaired) electrons. The Labute approximate surface area is 181 Å². The van der Waals surface area contributed by atoms with Gasteiger partial charge in [0.25, 0.3) is 0 Å². The molecule has 3 aromatic rings. The second-order valence-corrected chi connectivity index (χ2v) is 7.47. The molecule has 0 aromatic heterocycles. The summed E-state index contributed by atoms with van der Waals surface area (Å²) in [6, 6.07) is 22.3. The van der Waals surface area contributed by atoms with Crippen molar-refractivity contribution in [2.45, 2.75) is 19.8 Å². The van der Waals surface area contributed by atoms with Gasteiger partial charge in [0, 0.05) is 5.56 Å². The number of hydrogen-bond acceptors (Lipinski definition) is 4. The third-order valence-corrected chi connectivity index (χ3v) is 5.39. The zero-order valence-electron chi connectivity index (χ0n) is 17.4. The number of rotatable bonds is 9. The summed E-state index contributed by atoms with van der Waals surface area (Å²) in [5.41, 5.74) is 10.5. The third-order valence-electron chi connectivity index (χ3n) is 5.39. The number of carbonyl (C=O) groups is 1. The maximum Gasteiger partial charge on any atom is 0.307 e. The monoisotopic (exact) mass is 415 g/mol. The molecule has 2 N–H and O–H groups in total. The lowest BCUT2D eigenvalue weighted by atomic mass is 10.00. The van der Waals surface area contributed by atoms with E-state index in [2.05, 4.69) is 41.9 Å². The highest BCUT2D eigenvalue weighted by Crippen LogP contribution is 2.30. The van der Waals surface area contributed by atoms with E-state index >= 15 is 0 Å². The van der Waals surface area contributed by atoms with E-state index in [1.165, 1.54) is 16.7 Å². The molecule has 0 atom stereocenters. The Morgan fingerprint density at radius 2 is 1.84 bits per heavy atom. The van der Waals surface area contributed by atoms with Gasteiger partial charge in [-0.1, -0.05) is 66.7 Å². The summed E-state index contributed by atoms with van der Waals surface area (Å²) in [5, 5.41) is 9.00. The van der Waals surface area contributed by atoms with Gasteiger partial charge in [0.05, 0.1) is 12.1 Å². The number of ether oxygens (including phenoxy) is 1. The molecule has 0 unspecified atom stereocenters. The second kappa shape index (κ2) is 9.49. The van der Waals surface area contributed by atoms with Crippen LogP contribution in [0.1, 0.15) is 22.3 Å². The highest BCUT2D eigenvalue weighted by molar-refractivity contribution is 5.75. The van der Waals surface area contributed by atoms with Crippen LogP contribution in [-0.2, 0) is 22.5 Å². The lowest BCUT2D eigenvalue weighted by molar-refractivity contribution is -0.136. The quantitative estimate of drug-likeness (QED) is 0.389. The van der Waals surface area contributed by atoms with Crippen LogP contribution in [-0.4, -0.2) is 24.3 Å². The molecule has 158 valence electrons. The van der Waals surface area contributed by atoms with Crippen molar-refractivity contribution in [1.29, 1.82) is 0 Å². The minimum Gasteiger partial charge on any atom is -0.491 e. The number of hydrogen-bond donors (Lipinski definition) is 2. The van der Waals surface area contributed by atoms with Crippen LogP contribution in [0.5, 0.6) is 5.75 Å². The summed E-state index contributed by atoms with van der Waals surface area (Å²) in [4.78, 5) is 16.6. The molecule has 0 saturated heterocycles. The van der Waals surface area contributed by atoms with E-state index < -0.39 is 5.97 Å². The Morgan fingerprint density at radius 1 is 1.00 bits per heavy atom. The van der Waals surface area contributed by atoms with E-state index in [1.807, 2.05) is 43.3 Å². The van der Waals surface area contributed by atoms with Crippen molar-refractivity contribution >= 4 is 11.7 Å². The minimum atomic E-state index is -0.853. The van der Waals surface area contributed by atoms with Gasteiger partial charge in [-0.3, -0.25) is 15.1 Å². The molecule has 0 bridgehead atoms. The van der Waals surface area contributed by atoms with E-state index in [0.29, 0.717) is 19.0 Å². The van der Waals surface area contributed by atoms with Crippen molar-refractivity contribution < 1.29 is 19.5 Å². The fraction of sp³-hybridized carbons (Fsp3) is 0.192. The summed E-state index contributed by atoms with van der Waals surface area (Å²) in [7, 11) is 0. The van der Waals surface area contributed by atoms with Crippen molar-refractivity contribution in [2.75, 3.05) is 13.2 Å². The third kappa shape index (κ3) is 4.95.